The minimum atomic E-state index is -0.320. The summed E-state index contributed by atoms with van der Waals surface area (Å²) >= 11 is 0. The van der Waals surface area contributed by atoms with E-state index in [2.05, 4.69) is 121 Å². The number of benzene rings is 7. The average Bonchev–Trinajstić information content (AvgIpc) is 3.39. The van der Waals surface area contributed by atoms with Crippen LogP contribution < -0.4 is 10.9 Å². The van der Waals surface area contributed by atoms with Gasteiger partial charge in [-0.05, 0) is 74.5 Å². The molecule has 0 fully saturated rings. The van der Waals surface area contributed by atoms with Crippen molar-refractivity contribution in [1.29, 1.82) is 0 Å². The van der Waals surface area contributed by atoms with Gasteiger partial charge in [0.25, 0.3) is 0 Å². The number of para-hydroxylation sites is 1. The molecule has 48 heavy (non-hydrogen) atoms. The molecule has 1 aliphatic heterocycles. The highest BCUT2D eigenvalue weighted by Crippen LogP contribution is 2.38. The Morgan fingerprint density at radius 1 is 0.562 bits per heavy atom. The minimum Gasteiger partial charge on any atom is -0.422 e. The first-order valence-corrected chi connectivity index (χ1v) is 16.3. The van der Waals surface area contributed by atoms with Crippen molar-refractivity contribution < 1.29 is 4.42 Å². The Balaban J connectivity index is 1.16. The van der Waals surface area contributed by atoms with Crippen LogP contribution in [0, 0.1) is 0 Å². The van der Waals surface area contributed by atoms with E-state index in [1.54, 1.807) is 0 Å². The summed E-state index contributed by atoms with van der Waals surface area (Å²) in [5, 5.41) is 10.5. The highest BCUT2D eigenvalue weighted by Gasteiger charge is 2.19. The van der Waals surface area contributed by atoms with E-state index in [1.165, 1.54) is 5.56 Å². The number of fused-ring (bicyclic) bond motifs is 6. The van der Waals surface area contributed by atoms with Crippen molar-refractivity contribution >= 4 is 54.8 Å². The molecule has 7 aromatic carbocycles. The Bertz CT molecular complexity index is 2620. The van der Waals surface area contributed by atoms with Gasteiger partial charge in [-0.3, -0.25) is 4.99 Å². The molecule has 0 aliphatic carbocycles. The molecule has 1 aliphatic rings. The molecule has 228 valence electrons. The van der Waals surface area contributed by atoms with Gasteiger partial charge in [0.15, 0.2) is 0 Å². The fourth-order valence-electron chi connectivity index (χ4n) is 7.02. The van der Waals surface area contributed by atoms with Gasteiger partial charge in [-0.2, -0.15) is 0 Å². The van der Waals surface area contributed by atoms with Crippen molar-refractivity contribution in [3.8, 4) is 11.1 Å². The van der Waals surface area contributed by atoms with Gasteiger partial charge in [0, 0.05) is 22.0 Å². The number of aliphatic imine (C=N–C) groups is 1. The molecule has 4 heteroatoms. The minimum absolute atomic E-state index is 0.00334. The molecule has 0 amide bonds. The van der Waals surface area contributed by atoms with E-state index in [9.17, 15) is 4.79 Å². The van der Waals surface area contributed by atoms with Gasteiger partial charge < -0.3 is 9.73 Å². The molecular weight excluding hydrogens is 588 g/mol. The lowest BCUT2D eigenvalue weighted by Gasteiger charge is -2.15. The zero-order valence-corrected chi connectivity index (χ0v) is 26.1. The summed E-state index contributed by atoms with van der Waals surface area (Å²) in [6.07, 6.45) is 3.06. The van der Waals surface area contributed by atoms with Gasteiger partial charge in [-0.1, -0.05) is 133 Å². The Labute approximate surface area is 277 Å². The van der Waals surface area contributed by atoms with Crippen molar-refractivity contribution in [2.75, 3.05) is 0 Å². The predicted molar refractivity (Wildman–Crippen MR) is 198 cm³/mol. The summed E-state index contributed by atoms with van der Waals surface area (Å²) in [5.41, 5.74) is 6.88. The fourth-order valence-corrected chi connectivity index (χ4v) is 7.02. The van der Waals surface area contributed by atoms with Gasteiger partial charge >= 0.3 is 5.63 Å². The van der Waals surface area contributed by atoms with Crippen LogP contribution >= 0.6 is 0 Å². The van der Waals surface area contributed by atoms with Gasteiger partial charge in [-0.25, -0.2) is 4.79 Å². The molecule has 1 N–H and O–H groups in total. The predicted octanol–water partition coefficient (Wildman–Crippen LogP) is 10.4. The van der Waals surface area contributed by atoms with Crippen molar-refractivity contribution in [3.05, 3.63) is 185 Å². The normalized spacial score (nSPS) is 14.9. The van der Waals surface area contributed by atoms with E-state index >= 15 is 0 Å². The molecule has 9 rings (SSSR count). The number of nitrogens with one attached hydrogen (secondary N) is 1. The highest BCUT2D eigenvalue weighted by molar-refractivity contribution is 6.19. The van der Waals surface area contributed by atoms with Crippen LogP contribution in [-0.2, 0) is 0 Å². The van der Waals surface area contributed by atoms with Crippen molar-refractivity contribution in [2.24, 2.45) is 4.99 Å². The molecule has 0 saturated carbocycles. The quantitative estimate of drug-likeness (QED) is 0.121. The summed E-state index contributed by atoms with van der Waals surface area (Å²) < 4.78 is 5.70. The van der Waals surface area contributed by atoms with Gasteiger partial charge in [0.2, 0.25) is 0 Å². The zero-order chi connectivity index (χ0) is 32.0. The summed E-state index contributed by atoms with van der Waals surface area (Å²) in [5.74, 6) is 0.844. The summed E-state index contributed by atoms with van der Waals surface area (Å²) in [7, 11) is 0. The van der Waals surface area contributed by atoms with Crippen LogP contribution in [0.5, 0.6) is 0 Å². The second-order valence-electron chi connectivity index (χ2n) is 12.3. The Morgan fingerprint density at radius 3 is 2.02 bits per heavy atom. The lowest BCUT2D eigenvalue weighted by atomic mass is 9.91. The van der Waals surface area contributed by atoms with Crippen LogP contribution in [0.1, 0.15) is 29.2 Å². The van der Waals surface area contributed by atoms with Gasteiger partial charge in [0.1, 0.15) is 11.4 Å². The number of nitrogens with zero attached hydrogens (tertiary/aromatic N) is 1. The SMILES string of the molecule is O=c1oc2ccccc2c2cc3c(cc(-c4ccc(C5=NC(c6ccccc6)CC=C(c6ccccc6)N5)cc4)c4ccccc43)cc12. The Kier molecular flexibility index (Phi) is 6.72. The lowest BCUT2D eigenvalue weighted by molar-refractivity contribution is 0.570. The first kappa shape index (κ1) is 28.0. The van der Waals surface area contributed by atoms with Crippen LogP contribution in [0.3, 0.4) is 0 Å². The van der Waals surface area contributed by atoms with E-state index in [-0.39, 0.29) is 11.7 Å². The third-order valence-corrected chi connectivity index (χ3v) is 9.42. The first-order valence-electron chi connectivity index (χ1n) is 16.3. The smallest absolute Gasteiger partial charge is 0.344 e. The molecule has 1 aromatic heterocycles. The topological polar surface area (TPSA) is 54.6 Å². The summed E-state index contributed by atoms with van der Waals surface area (Å²) in [6, 6.07) is 52.1. The second kappa shape index (κ2) is 11.5. The zero-order valence-electron chi connectivity index (χ0n) is 26.1. The summed E-state index contributed by atoms with van der Waals surface area (Å²) in [6.45, 7) is 0. The monoisotopic (exact) mass is 618 g/mol. The molecular formula is C44H30N2O2. The molecule has 1 atom stereocenters. The Hall–Kier alpha value is -6.26. The lowest BCUT2D eigenvalue weighted by Crippen LogP contribution is -2.22. The van der Waals surface area contributed by atoms with E-state index in [0.717, 1.165) is 72.5 Å². The Morgan fingerprint density at radius 2 is 1.23 bits per heavy atom. The highest BCUT2D eigenvalue weighted by atomic mass is 16.4. The maximum atomic E-state index is 13.1. The third-order valence-electron chi connectivity index (χ3n) is 9.42. The maximum Gasteiger partial charge on any atom is 0.344 e. The summed E-state index contributed by atoms with van der Waals surface area (Å²) in [4.78, 5) is 18.4. The van der Waals surface area contributed by atoms with Crippen LogP contribution in [0.25, 0.3) is 60.1 Å². The number of rotatable bonds is 4. The van der Waals surface area contributed by atoms with Gasteiger partial charge in [-0.15, -0.1) is 0 Å². The molecule has 0 radical (unpaired) electrons. The first-order chi connectivity index (χ1) is 23.7. The van der Waals surface area contributed by atoms with E-state index in [1.807, 2.05) is 42.5 Å². The molecule has 0 bridgehead atoms. The van der Waals surface area contributed by atoms with Crippen LogP contribution in [0.4, 0.5) is 0 Å². The largest absolute Gasteiger partial charge is 0.422 e. The molecule has 0 saturated heterocycles. The molecule has 2 heterocycles. The maximum absolute atomic E-state index is 13.1. The molecule has 8 aromatic rings. The van der Waals surface area contributed by atoms with Crippen LogP contribution in [0.2, 0.25) is 0 Å². The number of hydrogen-bond donors (Lipinski definition) is 1. The van der Waals surface area contributed by atoms with Crippen molar-refractivity contribution in [3.63, 3.8) is 0 Å². The second-order valence-corrected chi connectivity index (χ2v) is 12.3. The van der Waals surface area contributed by atoms with Crippen molar-refractivity contribution in [1.82, 2.24) is 5.32 Å². The van der Waals surface area contributed by atoms with Gasteiger partial charge in [0.05, 0.1) is 11.4 Å². The third kappa shape index (κ3) is 4.86. The molecule has 1 unspecified atom stereocenters. The standard InChI is InChI=1S/C44H30N2O2/c47-44-39-26-32-25-36(33-15-7-8-16-34(33)37(32)27-38(39)35-17-9-10-18-42(35)48-44)28-19-21-31(22-20-28)43-45-40(29-11-3-1-4-12-29)23-24-41(46-43)30-13-5-2-6-14-30/h1-23,25-27,41H,24H2,(H,45,46). The van der Waals surface area contributed by atoms with E-state index < -0.39 is 0 Å². The number of hydrogen-bond acceptors (Lipinski definition) is 4. The van der Waals surface area contributed by atoms with E-state index in [4.69, 9.17) is 9.41 Å². The molecule has 0 spiro atoms. The average molecular weight is 619 g/mol. The fraction of sp³-hybridized carbons (Fsp3) is 0.0455. The number of amidine groups is 1. The van der Waals surface area contributed by atoms with Crippen molar-refractivity contribution in [2.45, 2.75) is 12.5 Å². The van der Waals surface area contributed by atoms with Crippen LogP contribution in [-0.4, -0.2) is 5.84 Å². The van der Waals surface area contributed by atoms with E-state index in [0.29, 0.717) is 11.0 Å². The molecule has 4 nitrogen and oxygen atoms in total. The van der Waals surface area contributed by atoms with Crippen LogP contribution in [0.15, 0.2) is 172 Å².